The Morgan fingerprint density at radius 1 is 0.975 bits per heavy atom. The van der Waals surface area contributed by atoms with Gasteiger partial charge < -0.3 is 19.6 Å². The summed E-state index contributed by atoms with van der Waals surface area (Å²) < 4.78 is 5.82. The largest absolute Gasteiger partial charge is 0.354 e. The maximum Gasteiger partial charge on any atom is 0.321 e. The Kier molecular flexibility index (Phi) is 7.26. The second-order valence-electron chi connectivity index (χ2n) is 10.6. The number of aromatic nitrogens is 3. The highest BCUT2D eigenvalue weighted by Gasteiger charge is 2.26. The molecule has 0 bridgehead atoms. The number of benzene rings is 3. The zero-order valence-corrected chi connectivity index (χ0v) is 23.4. The van der Waals surface area contributed by atoms with E-state index < -0.39 is 0 Å². The zero-order chi connectivity index (χ0) is 27.6. The van der Waals surface area contributed by atoms with E-state index in [1.165, 1.54) is 5.39 Å². The summed E-state index contributed by atoms with van der Waals surface area (Å²) in [6.07, 6.45) is 1.54. The van der Waals surface area contributed by atoms with E-state index in [4.69, 9.17) is 26.1 Å². The molecule has 3 heterocycles. The Hall–Kier alpha value is -4.17. The Labute approximate surface area is 237 Å². The molecule has 1 N–H and O–H groups in total. The van der Waals surface area contributed by atoms with Gasteiger partial charge in [-0.1, -0.05) is 67.0 Å². The van der Waals surface area contributed by atoms with Crippen molar-refractivity contribution < 1.29 is 9.32 Å². The first-order valence-corrected chi connectivity index (χ1v) is 14.0. The molecule has 1 aliphatic heterocycles. The van der Waals surface area contributed by atoms with Crippen LogP contribution in [0, 0.1) is 5.92 Å². The van der Waals surface area contributed by atoms with Crippen molar-refractivity contribution in [1.29, 1.82) is 0 Å². The number of carbonyl (C=O) groups excluding carboxylic acids is 1. The van der Waals surface area contributed by atoms with Crippen LogP contribution in [0.4, 0.5) is 16.3 Å². The Bertz CT molecular complexity index is 1670. The maximum absolute atomic E-state index is 13.1. The van der Waals surface area contributed by atoms with E-state index in [1.807, 2.05) is 17.0 Å². The van der Waals surface area contributed by atoms with Crippen molar-refractivity contribution in [3.05, 3.63) is 77.6 Å². The number of amides is 2. The molecule has 2 amide bonds. The summed E-state index contributed by atoms with van der Waals surface area (Å²) in [5.74, 6) is 1.94. The van der Waals surface area contributed by atoms with Gasteiger partial charge in [-0.25, -0.2) is 9.78 Å². The minimum Gasteiger partial charge on any atom is -0.354 e. The molecule has 0 saturated carbocycles. The van der Waals surface area contributed by atoms with E-state index in [0.717, 1.165) is 58.7 Å². The van der Waals surface area contributed by atoms with E-state index in [0.29, 0.717) is 36.3 Å². The fourth-order valence-corrected chi connectivity index (χ4v) is 5.29. The van der Waals surface area contributed by atoms with E-state index in [-0.39, 0.29) is 6.03 Å². The molecule has 0 unspecified atom stereocenters. The summed E-state index contributed by atoms with van der Waals surface area (Å²) >= 11 is 5.99. The maximum atomic E-state index is 13.1. The van der Waals surface area contributed by atoms with Crippen molar-refractivity contribution in [2.45, 2.75) is 26.7 Å². The molecule has 0 atom stereocenters. The third kappa shape index (κ3) is 5.45. The zero-order valence-electron chi connectivity index (χ0n) is 22.6. The number of hydrogen-bond donors (Lipinski definition) is 1. The summed E-state index contributed by atoms with van der Waals surface area (Å²) in [5, 5.41) is 11.2. The molecular weight excluding hydrogens is 524 g/mol. The molecule has 3 aromatic carbocycles. The monoisotopic (exact) mass is 554 g/mol. The molecule has 204 valence electrons. The van der Waals surface area contributed by atoms with Crippen molar-refractivity contribution >= 4 is 51.0 Å². The molecule has 9 heteroatoms. The fraction of sp³-hybridized carbons (Fsp3) is 0.290. The highest BCUT2D eigenvalue weighted by molar-refractivity contribution is 6.30. The Balaban J connectivity index is 1.32. The number of fused-ring (bicyclic) bond motifs is 2. The molecule has 1 saturated heterocycles. The average molecular weight is 555 g/mol. The second kappa shape index (κ2) is 11.1. The van der Waals surface area contributed by atoms with Crippen molar-refractivity contribution in [3.63, 3.8) is 0 Å². The summed E-state index contributed by atoms with van der Waals surface area (Å²) in [6.45, 7) is 6.88. The molecule has 6 rings (SSSR count). The fourth-order valence-electron chi connectivity index (χ4n) is 5.17. The number of nitrogens with one attached hydrogen (secondary N) is 1. The Morgan fingerprint density at radius 3 is 2.58 bits per heavy atom. The van der Waals surface area contributed by atoms with E-state index >= 15 is 0 Å². The lowest BCUT2D eigenvalue weighted by Crippen LogP contribution is -2.38. The van der Waals surface area contributed by atoms with E-state index in [2.05, 4.69) is 59.6 Å². The number of rotatable bonds is 5. The number of nitrogens with zero attached hydrogens (tertiary/aromatic N) is 5. The molecule has 1 fully saturated rings. The SMILES string of the molecule is CC(C)Cc1nc(N2CCCN(C(=O)Nc3ccc(Cl)cc3)CC2)c2c(-c3ccc4ccccc4c3)noc2n1. The topological polar surface area (TPSA) is 87.4 Å². The highest BCUT2D eigenvalue weighted by atomic mass is 35.5. The number of urea groups is 1. The van der Waals surface area contributed by atoms with Gasteiger partial charge in [-0.2, -0.15) is 4.98 Å². The van der Waals surface area contributed by atoms with Gasteiger partial charge in [0.1, 0.15) is 22.7 Å². The average Bonchev–Trinajstić information content (AvgIpc) is 3.21. The van der Waals surface area contributed by atoms with Gasteiger partial charge in [0, 0.05) is 48.9 Å². The summed E-state index contributed by atoms with van der Waals surface area (Å²) in [5.41, 5.74) is 2.90. The van der Waals surface area contributed by atoms with Gasteiger partial charge in [-0.15, -0.1) is 0 Å². The lowest BCUT2D eigenvalue weighted by Gasteiger charge is -2.24. The van der Waals surface area contributed by atoms with Crippen molar-refractivity contribution in [1.82, 2.24) is 20.0 Å². The van der Waals surface area contributed by atoms with E-state index in [9.17, 15) is 4.79 Å². The summed E-state index contributed by atoms with van der Waals surface area (Å²) in [6, 6.07) is 21.6. The van der Waals surface area contributed by atoms with Crippen LogP contribution in [0.3, 0.4) is 0 Å². The number of halogens is 1. The van der Waals surface area contributed by atoms with E-state index in [1.54, 1.807) is 24.3 Å². The third-order valence-electron chi connectivity index (χ3n) is 7.16. The quantitative estimate of drug-likeness (QED) is 0.251. The van der Waals surface area contributed by atoms with Gasteiger partial charge in [-0.3, -0.25) is 0 Å². The van der Waals surface area contributed by atoms with Crippen LogP contribution in [0.5, 0.6) is 0 Å². The number of hydrogen-bond acceptors (Lipinski definition) is 6. The predicted molar refractivity (Wildman–Crippen MR) is 160 cm³/mol. The number of anilines is 2. The molecule has 0 aliphatic carbocycles. The molecule has 1 aliphatic rings. The molecule has 2 aromatic heterocycles. The van der Waals surface area contributed by atoms with Crippen LogP contribution in [-0.4, -0.2) is 52.2 Å². The van der Waals surface area contributed by atoms with Gasteiger partial charge in [0.15, 0.2) is 0 Å². The molecule has 0 radical (unpaired) electrons. The molecule has 8 nitrogen and oxygen atoms in total. The number of carbonyl (C=O) groups is 1. The molecule has 0 spiro atoms. The van der Waals surface area contributed by atoms with Crippen molar-refractivity contribution in [3.8, 4) is 11.3 Å². The van der Waals surface area contributed by atoms with Crippen LogP contribution in [0.25, 0.3) is 33.1 Å². The smallest absolute Gasteiger partial charge is 0.321 e. The van der Waals surface area contributed by atoms with Crippen LogP contribution in [0.15, 0.2) is 71.3 Å². The van der Waals surface area contributed by atoms with Gasteiger partial charge in [0.2, 0.25) is 0 Å². The van der Waals surface area contributed by atoms with Gasteiger partial charge in [0.25, 0.3) is 5.71 Å². The summed E-state index contributed by atoms with van der Waals surface area (Å²) in [4.78, 5) is 26.9. The second-order valence-corrected chi connectivity index (χ2v) is 11.0. The van der Waals surface area contributed by atoms with Crippen LogP contribution in [0.2, 0.25) is 5.02 Å². The normalized spacial score (nSPS) is 14.2. The Morgan fingerprint density at radius 2 is 1.77 bits per heavy atom. The lowest BCUT2D eigenvalue weighted by atomic mass is 10.0. The molecular formula is C31H31ClN6O2. The first-order chi connectivity index (χ1) is 19.4. The van der Waals surface area contributed by atoms with Gasteiger partial charge in [-0.05, 0) is 53.4 Å². The van der Waals surface area contributed by atoms with Crippen LogP contribution in [-0.2, 0) is 6.42 Å². The van der Waals surface area contributed by atoms with Crippen molar-refractivity contribution in [2.75, 3.05) is 36.4 Å². The van der Waals surface area contributed by atoms with Crippen LogP contribution >= 0.6 is 11.6 Å². The lowest BCUT2D eigenvalue weighted by molar-refractivity contribution is 0.215. The summed E-state index contributed by atoms with van der Waals surface area (Å²) in [7, 11) is 0. The minimum absolute atomic E-state index is 0.126. The van der Waals surface area contributed by atoms with Crippen LogP contribution < -0.4 is 10.2 Å². The first-order valence-electron chi connectivity index (χ1n) is 13.7. The van der Waals surface area contributed by atoms with Crippen molar-refractivity contribution in [2.24, 2.45) is 5.92 Å². The van der Waals surface area contributed by atoms with Crippen LogP contribution in [0.1, 0.15) is 26.1 Å². The van der Waals surface area contributed by atoms with Gasteiger partial charge in [0.05, 0.1) is 0 Å². The third-order valence-corrected chi connectivity index (χ3v) is 7.41. The predicted octanol–water partition coefficient (Wildman–Crippen LogP) is 7.03. The standard InChI is InChI=1S/C31H31ClN6O2/c1-20(2)18-26-34-29(37-14-5-15-38(17-16-37)31(39)33-25-12-10-24(32)11-13-25)27-28(36-40-30(27)35-26)23-9-8-21-6-3-4-7-22(21)19-23/h3-4,6-13,19-20H,5,14-18H2,1-2H3,(H,33,39). The first kappa shape index (κ1) is 26.1. The molecule has 5 aromatic rings. The highest BCUT2D eigenvalue weighted by Crippen LogP contribution is 2.35. The molecule has 40 heavy (non-hydrogen) atoms. The minimum atomic E-state index is -0.126. The van der Waals surface area contributed by atoms with Gasteiger partial charge >= 0.3 is 6.03 Å².